The fourth-order valence-electron chi connectivity index (χ4n) is 2.19. The monoisotopic (exact) mass is 311 g/mol. The summed E-state index contributed by atoms with van der Waals surface area (Å²) in [5.41, 5.74) is 0. The molecule has 0 aromatic heterocycles. The molecule has 1 fully saturated rings. The zero-order chi connectivity index (χ0) is 16.0. The summed E-state index contributed by atoms with van der Waals surface area (Å²) in [5.74, 6) is 0. The minimum atomic E-state index is -4.22. The van der Waals surface area contributed by atoms with E-state index in [2.05, 4.69) is 5.32 Å². The number of amides is 2. The van der Waals surface area contributed by atoms with Crippen molar-refractivity contribution in [1.82, 2.24) is 15.1 Å². The Morgan fingerprint density at radius 3 is 2.29 bits per heavy atom. The minimum absolute atomic E-state index is 0.0235. The Kier molecular flexibility index (Phi) is 6.73. The third-order valence-electron chi connectivity index (χ3n) is 3.75. The Balaban J connectivity index is 2.37. The highest BCUT2D eigenvalue weighted by Crippen LogP contribution is 2.25. The highest BCUT2D eigenvalue weighted by atomic mass is 19.4. The van der Waals surface area contributed by atoms with Crippen LogP contribution < -0.4 is 5.32 Å². The van der Waals surface area contributed by atoms with E-state index in [0.29, 0.717) is 26.1 Å². The van der Waals surface area contributed by atoms with E-state index in [4.69, 9.17) is 4.74 Å². The largest absolute Gasteiger partial charge is 0.403 e. The lowest BCUT2D eigenvalue weighted by Gasteiger charge is -2.38. The van der Waals surface area contributed by atoms with Crippen LogP contribution in [0.2, 0.25) is 0 Å². The molecule has 0 aliphatic carbocycles. The third-order valence-corrected chi connectivity index (χ3v) is 3.75. The van der Waals surface area contributed by atoms with E-state index in [1.165, 1.54) is 4.90 Å². The van der Waals surface area contributed by atoms with Crippen molar-refractivity contribution in [2.45, 2.75) is 38.5 Å². The molecule has 1 aliphatic rings. The van der Waals surface area contributed by atoms with Gasteiger partial charge in [-0.25, -0.2) is 4.79 Å². The van der Waals surface area contributed by atoms with Gasteiger partial charge in [-0.15, -0.1) is 0 Å². The summed E-state index contributed by atoms with van der Waals surface area (Å²) in [4.78, 5) is 14.9. The molecule has 1 aliphatic heterocycles. The fourth-order valence-corrected chi connectivity index (χ4v) is 2.19. The average Bonchev–Trinajstić information content (AvgIpc) is 2.43. The summed E-state index contributed by atoms with van der Waals surface area (Å²) in [5, 5.41) is 2.82. The summed E-state index contributed by atoms with van der Waals surface area (Å²) in [6.07, 6.45) is -3.52. The standard InChI is InChI=1S/C13H24F3N3O2/c1-10(4-9-21-3)17-12(20)19-7-5-18(6-8-19)11(2)13(14,15)16/h10-11H,4-9H2,1-3H3,(H,17,20)/t10-,11-/m0/s1. The van der Waals surface area contributed by atoms with E-state index < -0.39 is 12.2 Å². The summed E-state index contributed by atoms with van der Waals surface area (Å²) in [7, 11) is 1.59. The Hall–Kier alpha value is -1.02. The number of halogens is 3. The molecular weight excluding hydrogens is 287 g/mol. The van der Waals surface area contributed by atoms with Crippen molar-refractivity contribution in [1.29, 1.82) is 0 Å². The molecule has 1 N–H and O–H groups in total. The van der Waals surface area contributed by atoms with Crippen LogP contribution in [0.5, 0.6) is 0 Å². The number of rotatable bonds is 5. The third kappa shape index (κ3) is 5.70. The van der Waals surface area contributed by atoms with E-state index in [1.54, 1.807) is 12.0 Å². The predicted octanol–water partition coefficient (Wildman–Crippen LogP) is 1.69. The molecule has 8 heteroatoms. The van der Waals surface area contributed by atoms with Crippen LogP contribution in [-0.2, 0) is 4.74 Å². The van der Waals surface area contributed by atoms with Gasteiger partial charge in [0.05, 0.1) is 0 Å². The predicted molar refractivity (Wildman–Crippen MR) is 73.1 cm³/mol. The van der Waals surface area contributed by atoms with Crippen LogP contribution in [0, 0.1) is 0 Å². The van der Waals surface area contributed by atoms with Gasteiger partial charge in [0.1, 0.15) is 6.04 Å². The number of methoxy groups -OCH3 is 1. The molecule has 0 unspecified atom stereocenters. The number of carbonyl (C=O) groups is 1. The Morgan fingerprint density at radius 2 is 1.81 bits per heavy atom. The highest BCUT2D eigenvalue weighted by Gasteiger charge is 2.41. The zero-order valence-electron chi connectivity index (χ0n) is 12.7. The highest BCUT2D eigenvalue weighted by molar-refractivity contribution is 5.74. The van der Waals surface area contributed by atoms with Crippen molar-refractivity contribution in [3.8, 4) is 0 Å². The first-order chi connectivity index (χ1) is 9.75. The van der Waals surface area contributed by atoms with E-state index in [0.717, 1.165) is 6.92 Å². The fraction of sp³-hybridized carbons (Fsp3) is 0.923. The normalized spacial score (nSPS) is 20.2. The molecule has 1 rings (SSSR count). The molecule has 1 heterocycles. The number of hydrogen-bond donors (Lipinski definition) is 1. The number of alkyl halides is 3. The van der Waals surface area contributed by atoms with Crippen LogP contribution in [0.1, 0.15) is 20.3 Å². The van der Waals surface area contributed by atoms with Gasteiger partial charge < -0.3 is 15.0 Å². The lowest BCUT2D eigenvalue weighted by Crippen LogP contribution is -2.57. The van der Waals surface area contributed by atoms with Crippen LogP contribution in [-0.4, -0.2) is 74.0 Å². The van der Waals surface area contributed by atoms with E-state index in [9.17, 15) is 18.0 Å². The Bertz CT molecular complexity index is 331. The Morgan fingerprint density at radius 1 is 1.24 bits per heavy atom. The van der Waals surface area contributed by atoms with Crippen molar-refractivity contribution < 1.29 is 22.7 Å². The number of urea groups is 1. The number of ether oxygens (including phenoxy) is 1. The van der Waals surface area contributed by atoms with Crippen molar-refractivity contribution in [2.24, 2.45) is 0 Å². The van der Waals surface area contributed by atoms with Gasteiger partial charge in [-0.2, -0.15) is 13.2 Å². The second kappa shape index (κ2) is 7.84. The van der Waals surface area contributed by atoms with E-state index in [-0.39, 0.29) is 25.2 Å². The molecule has 2 amide bonds. The van der Waals surface area contributed by atoms with Gasteiger partial charge in [0, 0.05) is 45.9 Å². The Labute approximate surface area is 123 Å². The first kappa shape index (κ1) is 18.0. The minimum Gasteiger partial charge on any atom is -0.385 e. The molecular formula is C13H24F3N3O2. The van der Waals surface area contributed by atoms with Gasteiger partial charge in [0.15, 0.2) is 0 Å². The SMILES string of the molecule is COCC[C@H](C)NC(=O)N1CCN([C@@H](C)C(F)(F)F)CC1. The molecule has 21 heavy (non-hydrogen) atoms. The molecule has 0 aromatic carbocycles. The molecule has 0 saturated carbocycles. The zero-order valence-corrected chi connectivity index (χ0v) is 12.7. The van der Waals surface area contributed by atoms with Crippen molar-refractivity contribution in [2.75, 3.05) is 39.9 Å². The van der Waals surface area contributed by atoms with Crippen molar-refractivity contribution in [3.05, 3.63) is 0 Å². The van der Waals surface area contributed by atoms with Crippen LogP contribution in [0.4, 0.5) is 18.0 Å². The maximum atomic E-state index is 12.6. The quantitative estimate of drug-likeness (QED) is 0.840. The molecule has 2 atom stereocenters. The van der Waals surface area contributed by atoms with Gasteiger partial charge in [-0.1, -0.05) is 0 Å². The van der Waals surface area contributed by atoms with Crippen LogP contribution in [0.15, 0.2) is 0 Å². The van der Waals surface area contributed by atoms with Gasteiger partial charge in [0.2, 0.25) is 0 Å². The summed E-state index contributed by atoms with van der Waals surface area (Å²) in [6.45, 7) is 4.67. The summed E-state index contributed by atoms with van der Waals surface area (Å²) >= 11 is 0. The summed E-state index contributed by atoms with van der Waals surface area (Å²) < 4.78 is 42.8. The van der Waals surface area contributed by atoms with Gasteiger partial charge >= 0.3 is 12.2 Å². The lowest BCUT2D eigenvalue weighted by molar-refractivity contribution is -0.181. The van der Waals surface area contributed by atoms with Gasteiger partial charge in [0.25, 0.3) is 0 Å². The van der Waals surface area contributed by atoms with E-state index >= 15 is 0 Å². The number of nitrogens with zero attached hydrogens (tertiary/aromatic N) is 2. The molecule has 124 valence electrons. The van der Waals surface area contributed by atoms with E-state index in [1.807, 2.05) is 6.92 Å². The first-order valence-corrected chi connectivity index (χ1v) is 7.11. The van der Waals surface area contributed by atoms with Crippen LogP contribution in [0.25, 0.3) is 0 Å². The van der Waals surface area contributed by atoms with Gasteiger partial charge in [-0.3, -0.25) is 4.90 Å². The van der Waals surface area contributed by atoms with Crippen LogP contribution in [0.3, 0.4) is 0 Å². The van der Waals surface area contributed by atoms with Crippen LogP contribution >= 0.6 is 0 Å². The smallest absolute Gasteiger partial charge is 0.385 e. The molecule has 5 nitrogen and oxygen atoms in total. The first-order valence-electron chi connectivity index (χ1n) is 7.11. The van der Waals surface area contributed by atoms with Gasteiger partial charge in [-0.05, 0) is 20.3 Å². The number of hydrogen-bond acceptors (Lipinski definition) is 3. The topological polar surface area (TPSA) is 44.8 Å². The number of carbonyl (C=O) groups excluding carboxylic acids is 1. The molecule has 0 spiro atoms. The maximum absolute atomic E-state index is 12.6. The number of piperazine rings is 1. The summed E-state index contributed by atoms with van der Waals surface area (Å²) in [6, 6.07) is -1.72. The van der Waals surface area contributed by atoms with Crippen molar-refractivity contribution >= 4 is 6.03 Å². The molecule has 1 saturated heterocycles. The second-order valence-corrected chi connectivity index (χ2v) is 5.37. The average molecular weight is 311 g/mol. The second-order valence-electron chi connectivity index (χ2n) is 5.37. The van der Waals surface area contributed by atoms with Crippen molar-refractivity contribution in [3.63, 3.8) is 0 Å². The number of nitrogens with one attached hydrogen (secondary N) is 1. The molecule has 0 bridgehead atoms. The molecule has 0 radical (unpaired) electrons. The lowest BCUT2D eigenvalue weighted by atomic mass is 10.2. The molecule has 0 aromatic rings. The maximum Gasteiger partial charge on any atom is 0.403 e.